The van der Waals surface area contributed by atoms with E-state index in [4.69, 9.17) is 9.47 Å². The first-order valence-corrected chi connectivity index (χ1v) is 7.16. The van der Waals surface area contributed by atoms with Crippen molar-refractivity contribution in [2.75, 3.05) is 19.0 Å². The van der Waals surface area contributed by atoms with E-state index in [0.717, 1.165) is 11.4 Å². The van der Waals surface area contributed by atoms with Crippen molar-refractivity contribution in [1.82, 2.24) is 0 Å². The zero-order valence-electron chi connectivity index (χ0n) is 12.8. The number of esters is 1. The van der Waals surface area contributed by atoms with Crippen molar-refractivity contribution in [1.29, 1.82) is 0 Å². The van der Waals surface area contributed by atoms with E-state index in [2.05, 4.69) is 5.32 Å². The maximum Gasteiger partial charge on any atom is 0.307 e. The molecule has 1 aromatic rings. The van der Waals surface area contributed by atoms with Gasteiger partial charge in [-0.1, -0.05) is 6.92 Å². The fourth-order valence-electron chi connectivity index (χ4n) is 1.94. The number of carbonyl (C=O) groups excluding carboxylic acids is 2. The molecule has 0 bridgehead atoms. The third-order valence-electron chi connectivity index (χ3n) is 3.05. The minimum atomic E-state index is -0.299. The van der Waals surface area contributed by atoms with E-state index < -0.39 is 0 Å². The highest BCUT2D eigenvalue weighted by atomic mass is 16.5. The Hall–Kier alpha value is -2.04. The van der Waals surface area contributed by atoms with Gasteiger partial charge in [0.15, 0.2) is 0 Å². The van der Waals surface area contributed by atoms with Crippen LogP contribution in [0.15, 0.2) is 24.3 Å². The zero-order valence-corrected chi connectivity index (χ0v) is 12.8. The molecule has 0 saturated carbocycles. The van der Waals surface area contributed by atoms with Crippen molar-refractivity contribution < 1.29 is 19.1 Å². The van der Waals surface area contributed by atoms with Crippen LogP contribution in [0.3, 0.4) is 0 Å². The van der Waals surface area contributed by atoms with E-state index in [9.17, 15) is 9.59 Å². The molecule has 5 nitrogen and oxygen atoms in total. The van der Waals surface area contributed by atoms with Crippen LogP contribution >= 0.6 is 0 Å². The minimum absolute atomic E-state index is 0.116. The van der Waals surface area contributed by atoms with Crippen LogP contribution in [0.5, 0.6) is 5.75 Å². The maximum absolute atomic E-state index is 11.6. The number of nitrogens with one attached hydrogen (secondary N) is 1. The Morgan fingerprint density at radius 1 is 1.14 bits per heavy atom. The first kappa shape index (κ1) is 17.0. The predicted octanol–water partition coefficient (Wildman–Crippen LogP) is 2.80. The molecular formula is C16H23NO4. The van der Waals surface area contributed by atoms with Crippen molar-refractivity contribution in [2.45, 2.75) is 39.2 Å². The SMILES string of the molecule is CCOC(=O)C[C@H](CC(=O)CC)Nc1ccc(OC)cc1. The van der Waals surface area contributed by atoms with Crippen molar-refractivity contribution in [3.63, 3.8) is 0 Å². The number of rotatable bonds is 9. The van der Waals surface area contributed by atoms with Gasteiger partial charge in [0.1, 0.15) is 11.5 Å². The molecule has 0 aliphatic carbocycles. The van der Waals surface area contributed by atoms with E-state index in [1.165, 1.54) is 0 Å². The topological polar surface area (TPSA) is 64.6 Å². The Morgan fingerprint density at radius 3 is 2.33 bits per heavy atom. The average Bonchev–Trinajstić information content (AvgIpc) is 2.48. The molecule has 0 aliphatic heterocycles. The van der Waals surface area contributed by atoms with Gasteiger partial charge >= 0.3 is 5.97 Å². The lowest BCUT2D eigenvalue weighted by atomic mass is 10.1. The third-order valence-corrected chi connectivity index (χ3v) is 3.05. The van der Waals surface area contributed by atoms with E-state index >= 15 is 0 Å². The lowest BCUT2D eigenvalue weighted by molar-refractivity contribution is -0.143. The molecule has 0 aliphatic rings. The second kappa shape index (κ2) is 9.00. The zero-order chi connectivity index (χ0) is 15.7. The molecule has 0 heterocycles. The second-order valence-electron chi connectivity index (χ2n) is 4.68. The molecule has 0 radical (unpaired) electrons. The Bertz CT molecular complexity index is 456. The lowest BCUT2D eigenvalue weighted by Gasteiger charge is -2.18. The summed E-state index contributed by atoms with van der Waals surface area (Å²) in [5, 5.41) is 3.21. The molecule has 0 aromatic heterocycles. The largest absolute Gasteiger partial charge is 0.497 e. The van der Waals surface area contributed by atoms with E-state index in [0.29, 0.717) is 19.4 Å². The number of carbonyl (C=O) groups is 2. The molecule has 5 heteroatoms. The van der Waals surface area contributed by atoms with Crippen molar-refractivity contribution >= 4 is 17.4 Å². The van der Waals surface area contributed by atoms with Crippen molar-refractivity contribution in [3.8, 4) is 5.75 Å². The quantitative estimate of drug-likeness (QED) is 0.709. The van der Waals surface area contributed by atoms with Crippen molar-refractivity contribution in [3.05, 3.63) is 24.3 Å². The predicted molar refractivity (Wildman–Crippen MR) is 81.6 cm³/mol. The Morgan fingerprint density at radius 2 is 1.81 bits per heavy atom. The number of Topliss-reactive ketones (excluding diaryl/α,β-unsaturated/α-hetero) is 1. The number of hydrogen-bond donors (Lipinski definition) is 1. The van der Waals surface area contributed by atoms with Gasteiger partial charge in [-0.05, 0) is 31.2 Å². The van der Waals surface area contributed by atoms with Crippen LogP contribution in [0.1, 0.15) is 33.1 Å². The van der Waals surface area contributed by atoms with Gasteiger partial charge in [-0.2, -0.15) is 0 Å². The Balaban J connectivity index is 2.69. The number of ether oxygens (including phenoxy) is 2. The number of ketones is 1. The molecule has 0 saturated heterocycles. The third kappa shape index (κ3) is 6.29. The molecule has 1 aromatic carbocycles. The summed E-state index contributed by atoms with van der Waals surface area (Å²) in [6.45, 7) is 3.92. The summed E-state index contributed by atoms with van der Waals surface area (Å²) in [4.78, 5) is 23.3. The highest BCUT2D eigenvalue weighted by Crippen LogP contribution is 2.18. The number of anilines is 1. The molecule has 0 fully saturated rings. The number of benzene rings is 1. The van der Waals surface area contributed by atoms with E-state index in [1.54, 1.807) is 14.0 Å². The highest BCUT2D eigenvalue weighted by Gasteiger charge is 2.17. The average molecular weight is 293 g/mol. The Kier molecular flexibility index (Phi) is 7.29. The number of hydrogen-bond acceptors (Lipinski definition) is 5. The van der Waals surface area contributed by atoms with Crippen LogP contribution in [-0.2, 0) is 14.3 Å². The summed E-state index contributed by atoms with van der Waals surface area (Å²) >= 11 is 0. The van der Waals surface area contributed by atoms with Crippen LogP contribution in [0.4, 0.5) is 5.69 Å². The minimum Gasteiger partial charge on any atom is -0.497 e. The van der Waals surface area contributed by atoms with E-state index in [-0.39, 0.29) is 24.2 Å². The molecule has 0 unspecified atom stereocenters. The van der Waals surface area contributed by atoms with E-state index in [1.807, 2.05) is 31.2 Å². The van der Waals surface area contributed by atoms with Crippen LogP contribution in [0.2, 0.25) is 0 Å². The molecular weight excluding hydrogens is 270 g/mol. The van der Waals surface area contributed by atoms with Gasteiger partial charge in [0, 0.05) is 24.6 Å². The fraction of sp³-hybridized carbons (Fsp3) is 0.500. The summed E-state index contributed by atoms with van der Waals surface area (Å²) in [5.74, 6) is 0.574. The maximum atomic E-state index is 11.6. The van der Waals surface area contributed by atoms with Crippen LogP contribution in [0.25, 0.3) is 0 Å². The van der Waals surface area contributed by atoms with Gasteiger partial charge in [-0.3, -0.25) is 9.59 Å². The molecule has 1 rings (SSSR count). The summed E-state index contributed by atoms with van der Waals surface area (Å²) in [5.41, 5.74) is 0.842. The highest BCUT2D eigenvalue weighted by molar-refractivity contribution is 5.80. The molecule has 21 heavy (non-hydrogen) atoms. The van der Waals surface area contributed by atoms with Gasteiger partial charge in [0.05, 0.1) is 20.1 Å². The second-order valence-corrected chi connectivity index (χ2v) is 4.68. The summed E-state index contributed by atoms with van der Waals surface area (Å²) < 4.78 is 10.0. The Labute approximate surface area is 125 Å². The first-order chi connectivity index (χ1) is 10.1. The standard InChI is InChI=1S/C16H23NO4/c1-4-14(18)10-13(11-16(19)21-5-2)17-12-6-8-15(20-3)9-7-12/h6-9,13,17H,4-5,10-11H2,1-3H3/t13-/m0/s1. The molecule has 0 amide bonds. The van der Waals surface area contributed by atoms with Crippen LogP contribution in [0, 0.1) is 0 Å². The summed E-state index contributed by atoms with van der Waals surface area (Å²) in [7, 11) is 1.60. The molecule has 1 N–H and O–H groups in total. The van der Waals surface area contributed by atoms with Gasteiger partial charge in [-0.15, -0.1) is 0 Å². The first-order valence-electron chi connectivity index (χ1n) is 7.16. The van der Waals surface area contributed by atoms with Gasteiger partial charge in [0.25, 0.3) is 0 Å². The molecule has 116 valence electrons. The molecule has 1 atom stereocenters. The summed E-state index contributed by atoms with van der Waals surface area (Å²) in [6.07, 6.45) is 0.941. The number of methoxy groups -OCH3 is 1. The van der Waals surface area contributed by atoms with Crippen LogP contribution < -0.4 is 10.1 Å². The van der Waals surface area contributed by atoms with Gasteiger partial charge in [-0.25, -0.2) is 0 Å². The van der Waals surface area contributed by atoms with Gasteiger partial charge in [0.2, 0.25) is 0 Å². The molecule has 0 spiro atoms. The summed E-state index contributed by atoms with van der Waals surface area (Å²) in [6, 6.07) is 7.10. The van der Waals surface area contributed by atoms with Crippen LogP contribution in [-0.4, -0.2) is 31.5 Å². The smallest absolute Gasteiger partial charge is 0.307 e. The normalized spacial score (nSPS) is 11.6. The lowest BCUT2D eigenvalue weighted by Crippen LogP contribution is -2.27. The van der Waals surface area contributed by atoms with Crippen molar-refractivity contribution in [2.24, 2.45) is 0 Å². The van der Waals surface area contributed by atoms with Gasteiger partial charge < -0.3 is 14.8 Å². The monoisotopic (exact) mass is 293 g/mol. The fourth-order valence-corrected chi connectivity index (χ4v) is 1.94.